The van der Waals surface area contributed by atoms with E-state index in [1.54, 1.807) is 24.3 Å². The van der Waals surface area contributed by atoms with Crippen molar-refractivity contribution in [2.24, 2.45) is 0 Å². The average Bonchev–Trinajstić information content (AvgIpc) is 2.90. The largest absolute Gasteiger partial charge is 0.489 e. The molecule has 0 saturated heterocycles. The summed E-state index contributed by atoms with van der Waals surface area (Å²) in [5.41, 5.74) is 3.22. The Labute approximate surface area is 225 Å². The van der Waals surface area contributed by atoms with E-state index in [1.807, 2.05) is 68.4 Å². The summed E-state index contributed by atoms with van der Waals surface area (Å²) >= 11 is 0. The highest BCUT2D eigenvalue weighted by atomic mass is 32.2. The fourth-order valence-electron chi connectivity index (χ4n) is 4.16. The van der Waals surface area contributed by atoms with Crippen LogP contribution in [-0.4, -0.2) is 51.0 Å². The molecule has 1 N–H and O–H groups in total. The van der Waals surface area contributed by atoms with Crippen LogP contribution in [0.3, 0.4) is 0 Å². The number of nitrogens with one attached hydrogen (secondary N) is 1. The molecule has 0 aliphatic heterocycles. The number of rotatable bonds is 12. The average molecular weight is 538 g/mol. The molecule has 0 fully saturated rings. The number of likely N-dealkylation sites (N-methyl/N-ethyl adjacent to an activating group) is 1. The minimum atomic E-state index is -3.81. The van der Waals surface area contributed by atoms with Crippen LogP contribution in [0.2, 0.25) is 0 Å². The summed E-state index contributed by atoms with van der Waals surface area (Å²) < 4.78 is 32.4. The van der Waals surface area contributed by atoms with Crippen LogP contribution >= 0.6 is 0 Å². The van der Waals surface area contributed by atoms with Crippen molar-refractivity contribution < 1.29 is 22.7 Å². The lowest BCUT2D eigenvalue weighted by molar-refractivity contribution is -0.140. The van der Waals surface area contributed by atoms with E-state index in [-0.39, 0.29) is 12.5 Å². The Hall–Kier alpha value is -3.85. The number of carbonyl (C=O) groups excluding carboxylic acids is 2. The van der Waals surface area contributed by atoms with Gasteiger partial charge in [-0.25, -0.2) is 8.42 Å². The van der Waals surface area contributed by atoms with Gasteiger partial charge in [-0.15, -0.1) is 0 Å². The predicted octanol–water partition coefficient (Wildman–Crippen LogP) is 3.89. The molecule has 3 aromatic carbocycles. The van der Waals surface area contributed by atoms with Crippen molar-refractivity contribution in [2.45, 2.75) is 39.5 Å². The second-order valence-electron chi connectivity index (χ2n) is 9.09. The first-order valence-corrected chi connectivity index (χ1v) is 14.3. The highest BCUT2D eigenvalue weighted by Gasteiger charge is 2.31. The van der Waals surface area contributed by atoms with Gasteiger partial charge in [0.2, 0.25) is 21.8 Å². The Balaban J connectivity index is 1.83. The normalized spacial score (nSPS) is 11.9. The third-order valence-corrected chi connectivity index (χ3v) is 7.26. The lowest BCUT2D eigenvalue weighted by atomic mass is 10.1. The summed E-state index contributed by atoms with van der Waals surface area (Å²) in [4.78, 5) is 27.7. The molecule has 0 aliphatic carbocycles. The highest BCUT2D eigenvalue weighted by Crippen LogP contribution is 2.23. The maximum Gasteiger partial charge on any atom is 0.244 e. The van der Waals surface area contributed by atoms with E-state index in [0.717, 1.165) is 27.3 Å². The summed E-state index contributed by atoms with van der Waals surface area (Å²) in [6.07, 6.45) is 1.44. The van der Waals surface area contributed by atoms with Crippen molar-refractivity contribution in [3.8, 4) is 5.75 Å². The van der Waals surface area contributed by atoms with Crippen LogP contribution in [0.25, 0.3) is 0 Å². The van der Waals surface area contributed by atoms with Crippen molar-refractivity contribution in [1.82, 2.24) is 10.2 Å². The number of hydrogen-bond acceptors (Lipinski definition) is 5. The molecule has 3 aromatic rings. The number of hydrogen-bond donors (Lipinski definition) is 1. The standard InChI is InChI=1S/C29H35N3O5S/c1-5-27(29(34)30-3)31(19-24-13-9-10-22(2)18-24)28(33)20-32(38(4,35)36)25-14-16-26(17-15-25)37-21-23-11-7-6-8-12-23/h6-18,27H,5,19-21H2,1-4H3,(H,30,34). The van der Waals surface area contributed by atoms with Gasteiger partial charge in [0.25, 0.3) is 0 Å². The molecule has 0 aromatic heterocycles. The van der Waals surface area contributed by atoms with Crippen molar-refractivity contribution in [1.29, 1.82) is 0 Å². The lowest BCUT2D eigenvalue weighted by Crippen LogP contribution is -2.51. The Bertz CT molecular complexity index is 1330. The Morgan fingerprint density at radius 3 is 2.18 bits per heavy atom. The number of nitrogens with zero attached hydrogens (tertiary/aromatic N) is 2. The molecule has 0 heterocycles. The molecule has 202 valence electrons. The Kier molecular flexibility index (Phi) is 9.90. The molecule has 9 heteroatoms. The molecule has 1 atom stereocenters. The summed E-state index contributed by atoms with van der Waals surface area (Å²) in [7, 11) is -2.29. The van der Waals surface area contributed by atoms with E-state index in [2.05, 4.69) is 5.32 Å². The first kappa shape index (κ1) is 28.7. The zero-order valence-corrected chi connectivity index (χ0v) is 23.1. The van der Waals surface area contributed by atoms with E-state index in [0.29, 0.717) is 24.5 Å². The molecular formula is C29H35N3O5S. The van der Waals surface area contributed by atoms with Gasteiger partial charge >= 0.3 is 0 Å². The van der Waals surface area contributed by atoms with Crippen LogP contribution in [-0.2, 0) is 32.8 Å². The minimum Gasteiger partial charge on any atom is -0.489 e. The third kappa shape index (κ3) is 7.82. The van der Waals surface area contributed by atoms with Crippen molar-refractivity contribution in [3.63, 3.8) is 0 Å². The van der Waals surface area contributed by atoms with Crippen LogP contribution in [0, 0.1) is 6.92 Å². The fraction of sp³-hybridized carbons (Fsp3) is 0.310. The van der Waals surface area contributed by atoms with Crippen LogP contribution in [0.5, 0.6) is 5.75 Å². The van der Waals surface area contributed by atoms with Crippen LogP contribution < -0.4 is 14.4 Å². The maximum atomic E-state index is 13.6. The quantitative estimate of drug-likeness (QED) is 0.378. The summed E-state index contributed by atoms with van der Waals surface area (Å²) in [6.45, 7) is 3.88. The molecular weight excluding hydrogens is 502 g/mol. The first-order valence-electron chi connectivity index (χ1n) is 12.4. The molecule has 0 saturated carbocycles. The molecule has 0 radical (unpaired) electrons. The summed E-state index contributed by atoms with van der Waals surface area (Å²) in [5, 5.41) is 2.62. The first-order chi connectivity index (χ1) is 18.1. The smallest absolute Gasteiger partial charge is 0.244 e. The molecule has 3 rings (SSSR count). The third-order valence-electron chi connectivity index (χ3n) is 6.12. The Morgan fingerprint density at radius 1 is 0.947 bits per heavy atom. The monoisotopic (exact) mass is 537 g/mol. The zero-order valence-electron chi connectivity index (χ0n) is 22.3. The molecule has 0 aliphatic rings. The summed E-state index contributed by atoms with van der Waals surface area (Å²) in [5.74, 6) is -0.208. The number of amides is 2. The maximum absolute atomic E-state index is 13.6. The van der Waals surface area contributed by atoms with E-state index >= 15 is 0 Å². The van der Waals surface area contributed by atoms with Crippen LogP contribution in [0.1, 0.15) is 30.0 Å². The topological polar surface area (TPSA) is 96.0 Å². The number of ether oxygens (including phenoxy) is 1. The van der Waals surface area contributed by atoms with Gasteiger partial charge < -0.3 is 15.0 Å². The van der Waals surface area contributed by atoms with Gasteiger partial charge in [0, 0.05) is 13.6 Å². The number of sulfonamides is 1. The van der Waals surface area contributed by atoms with Gasteiger partial charge in [-0.05, 0) is 48.7 Å². The number of benzene rings is 3. The van der Waals surface area contributed by atoms with Crippen LogP contribution in [0.15, 0.2) is 78.9 Å². The van der Waals surface area contributed by atoms with Crippen molar-refractivity contribution >= 4 is 27.5 Å². The van der Waals surface area contributed by atoms with Gasteiger partial charge in [-0.1, -0.05) is 67.1 Å². The molecule has 8 nitrogen and oxygen atoms in total. The van der Waals surface area contributed by atoms with Gasteiger partial charge in [0.1, 0.15) is 24.9 Å². The van der Waals surface area contributed by atoms with Crippen molar-refractivity contribution in [2.75, 3.05) is 24.2 Å². The number of anilines is 1. The fourth-order valence-corrected chi connectivity index (χ4v) is 5.01. The van der Waals surface area contributed by atoms with Gasteiger partial charge in [0.15, 0.2) is 0 Å². The predicted molar refractivity (Wildman–Crippen MR) is 149 cm³/mol. The second-order valence-corrected chi connectivity index (χ2v) is 11.0. The highest BCUT2D eigenvalue weighted by molar-refractivity contribution is 7.92. The summed E-state index contributed by atoms with van der Waals surface area (Å²) in [6, 6.07) is 23.2. The molecule has 0 spiro atoms. The lowest BCUT2D eigenvalue weighted by Gasteiger charge is -2.32. The number of aryl methyl sites for hydroxylation is 1. The van der Waals surface area contributed by atoms with Gasteiger partial charge in [-0.3, -0.25) is 13.9 Å². The second kappa shape index (κ2) is 13.1. The van der Waals surface area contributed by atoms with E-state index in [4.69, 9.17) is 4.74 Å². The molecule has 0 bridgehead atoms. The zero-order chi connectivity index (χ0) is 27.7. The van der Waals surface area contributed by atoms with Crippen molar-refractivity contribution in [3.05, 3.63) is 95.6 Å². The van der Waals surface area contributed by atoms with E-state index in [1.165, 1.54) is 11.9 Å². The SMILES string of the molecule is CCC(C(=O)NC)N(Cc1cccc(C)c1)C(=O)CN(c1ccc(OCc2ccccc2)cc1)S(C)(=O)=O. The van der Waals surface area contributed by atoms with E-state index in [9.17, 15) is 18.0 Å². The van der Waals surface area contributed by atoms with Crippen LogP contribution in [0.4, 0.5) is 5.69 Å². The minimum absolute atomic E-state index is 0.177. The molecule has 38 heavy (non-hydrogen) atoms. The van der Waals surface area contributed by atoms with Gasteiger partial charge in [-0.2, -0.15) is 0 Å². The van der Waals surface area contributed by atoms with E-state index < -0.39 is 28.5 Å². The molecule has 1 unspecified atom stereocenters. The van der Waals surface area contributed by atoms with Gasteiger partial charge in [0.05, 0.1) is 11.9 Å². The Morgan fingerprint density at radius 2 is 1.61 bits per heavy atom. The number of carbonyl (C=O) groups is 2. The molecule has 2 amide bonds.